The Kier molecular flexibility index (Phi) is 6.39. The Bertz CT molecular complexity index is 385. The Morgan fingerprint density at radius 2 is 2.11 bits per heavy atom. The molecule has 0 bridgehead atoms. The summed E-state index contributed by atoms with van der Waals surface area (Å²) in [6, 6.07) is 0. The van der Waals surface area contributed by atoms with Crippen molar-refractivity contribution in [1.82, 2.24) is 10.3 Å². The van der Waals surface area contributed by atoms with E-state index in [0.29, 0.717) is 19.7 Å². The van der Waals surface area contributed by atoms with Gasteiger partial charge in [-0.25, -0.2) is 0 Å². The van der Waals surface area contributed by atoms with E-state index < -0.39 is 0 Å². The number of aromatic nitrogens is 1. The minimum Gasteiger partial charge on any atom is -0.496 e. The van der Waals surface area contributed by atoms with E-state index in [0.717, 1.165) is 22.6 Å². The zero-order valence-corrected chi connectivity index (χ0v) is 12.2. The Balaban J connectivity index is 2.58. The lowest BCUT2D eigenvalue weighted by molar-refractivity contribution is 0.197. The highest BCUT2D eigenvalue weighted by atomic mass is 35.5. The number of rotatable bonds is 7. The van der Waals surface area contributed by atoms with Crippen LogP contribution in [0.2, 0.25) is 0 Å². The van der Waals surface area contributed by atoms with Crippen molar-refractivity contribution in [2.45, 2.75) is 25.8 Å². The molecular formula is C13H21ClN2O2. The minimum absolute atomic E-state index is 0.0253. The summed E-state index contributed by atoms with van der Waals surface area (Å²) in [5.74, 6) is 0.904. The average molecular weight is 273 g/mol. The molecule has 18 heavy (non-hydrogen) atoms. The van der Waals surface area contributed by atoms with Crippen LogP contribution < -0.4 is 10.1 Å². The Hall–Kier alpha value is -0.840. The molecule has 1 heterocycles. The Labute approximate surface area is 114 Å². The van der Waals surface area contributed by atoms with Crippen LogP contribution >= 0.6 is 11.6 Å². The lowest BCUT2D eigenvalue weighted by Crippen LogP contribution is -2.26. The quantitative estimate of drug-likeness (QED) is 0.772. The molecule has 1 N–H and O–H groups in total. The van der Waals surface area contributed by atoms with Crippen LogP contribution in [0.5, 0.6) is 5.75 Å². The zero-order valence-electron chi connectivity index (χ0n) is 11.4. The normalized spacial score (nSPS) is 12.5. The summed E-state index contributed by atoms with van der Waals surface area (Å²) < 4.78 is 10.3. The van der Waals surface area contributed by atoms with E-state index in [9.17, 15) is 0 Å². The molecule has 0 radical (unpaired) electrons. The molecule has 0 saturated heterocycles. The average Bonchev–Trinajstić information content (AvgIpc) is 2.33. The van der Waals surface area contributed by atoms with E-state index in [1.54, 1.807) is 14.2 Å². The summed E-state index contributed by atoms with van der Waals surface area (Å²) in [5.41, 5.74) is 3.11. The van der Waals surface area contributed by atoms with Gasteiger partial charge in [-0.2, -0.15) is 0 Å². The molecule has 0 aliphatic heterocycles. The lowest BCUT2D eigenvalue weighted by Gasteiger charge is -2.14. The number of methoxy groups -OCH3 is 2. The molecular weight excluding hydrogens is 252 g/mol. The number of nitrogens with one attached hydrogen (secondary N) is 1. The van der Waals surface area contributed by atoms with Crippen molar-refractivity contribution in [3.63, 3.8) is 0 Å². The maximum atomic E-state index is 6.04. The molecule has 0 saturated carbocycles. The van der Waals surface area contributed by atoms with Crippen LogP contribution in [0.15, 0.2) is 6.20 Å². The summed E-state index contributed by atoms with van der Waals surface area (Å²) in [5, 5.41) is 3.24. The second kappa shape index (κ2) is 7.56. The topological polar surface area (TPSA) is 43.4 Å². The van der Waals surface area contributed by atoms with Gasteiger partial charge in [0.2, 0.25) is 0 Å². The van der Waals surface area contributed by atoms with Crippen LogP contribution in [0.4, 0.5) is 0 Å². The van der Waals surface area contributed by atoms with E-state index in [1.165, 1.54) is 0 Å². The fourth-order valence-electron chi connectivity index (χ4n) is 1.84. The highest BCUT2D eigenvalue weighted by molar-refractivity contribution is 6.20. The zero-order chi connectivity index (χ0) is 13.5. The van der Waals surface area contributed by atoms with Crippen LogP contribution in [-0.2, 0) is 11.3 Å². The summed E-state index contributed by atoms with van der Waals surface area (Å²) >= 11 is 6.04. The highest BCUT2D eigenvalue weighted by Gasteiger charge is 2.10. The van der Waals surface area contributed by atoms with Crippen molar-refractivity contribution in [3.8, 4) is 5.75 Å². The summed E-state index contributed by atoms with van der Waals surface area (Å²) in [6.07, 6.45) is 1.83. The van der Waals surface area contributed by atoms with Gasteiger partial charge in [0.15, 0.2) is 0 Å². The van der Waals surface area contributed by atoms with Crippen molar-refractivity contribution >= 4 is 11.6 Å². The lowest BCUT2D eigenvalue weighted by atomic mass is 10.1. The SMILES string of the molecule is COCC(Cl)CNCc1ncc(C)c(OC)c1C. The van der Waals surface area contributed by atoms with Crippen molar-refractivity contribution < 1.29 is 9.47 Å². The monoisotopic (exact) mass is 272 g/mol. The number of pyridine rings is 1. The van der Waals surface area contributed by atoms with E-state index in [-0.39, 0.29) is 5.38 Å². The molecule has 5 heteroatoms. The van der Waals surface area contributed by atoms with Crippen LogP contribution in [-0.4, -0.2) is 37.7 Å². The first-order valence-electron chi connectivity index (χ1n) is 5.93. The van der Waals surface area contributed by atoms with Gasteiger partial charge in [-0.3, -0.25) is 4.98 Å². The van der Waals surface area contributed by atoms with E-state index in [1.807, 2.05) is 20.0 Å². The number of halogens is 1. The van der Waals surface area contributed by atoms with Gasteiger partial charge in [-0.15, -0.1) is 11.6 Å². The van der Waals surface area contributed by atoms with Crippen molar-refractivity contribution in [1.29, 1.82) is 0 Å². The maximum absolute atomic E-state index is 6.04. The van der Waals surface area contributed by atoms with Gasteiger partial charge >= 0.3 is 0 Å². The van der Waals surface area contributed by atoms with Gasteiger partial charge in [-0.1, -0.05) is 0 Å². The standard InChI is InChI=1S/C13H21ClN2O2/c1-9-5-16-12(10(2)13(9)18-4)7-15-6-11(14)8-17-3/h5,11,15H,6-8H2,1-4H3. The van der Waals surface area contributed by atoms with Gasteiger partial charge in [0, 0.05) is 37.5 Å². The molecule has 1 aromatic heterocycles. The second-order valence-electron chi connectivity index (χ2n) is 4.23. The van der Waals surface area contributed by atoms with Gasteiger partial charge in [-0.05, 0) is 13.8 Å². The van der Waals surface area contributed by atoms with E-state index in [4.69, 9.17) is 21.1 Å². The first kappa shape index (κ1) is 15.2. The third kappa shape index (κ3) is 4.12. The molecule has 1 atom stereocenters. The molecule has 0 aliphatic carbocycles. The fraction of sp³-hybridized carbons (Fsp3) is 0.615. The summed E-state index contributed by atoms with van der Waals surface area (Å²) in [7, 11) is 3.33. The molecule has 0 fully saturated rings. The number of aryl methyl sites for hydroxylation is 1. The number of nitrogens with zero attached hydrogens (tertiary/aromatic N) is 1. The minimum atomic E-state index is -0.0253. The molecule has 1 aromatic rings. The third-order valence-corrected chi connectivity index (χ3v) is 3.04. The molecule has 0 aliphatic rings. The number of hydrogen-bond acceptors (Lipinski definition) is 4. The predicted molar refractivity (Wildman–Crippen MR) is 73.5 cm³/mol. The number of ether oxygens (including phenoxy) is 2. The number of hydrogen-bond donors (Lipinski definition) is 1. The van der Waals surface area contributed by atoms with Crippen LogP contribution in [0.25, 0.3) is 0 Å². The second-order valence-corrected chi connectivity index (χ2v) is 4.85. The molecule has 0 aromatic carbocycles. The predicted octanol–water partition coefficient (Wildman–Crippen LogP) is 2.05. The van der Waals surface area contributed by atoms with Gasteiger partial charge in [0.1, 0.15) is 5.75 Å². The highest BCUT2D eigenvalue weighted by Crippen LogP contribution is 2.23. The van der Waals surface area contributed by atoms with Gasteiger partial charge < -0.3 is 14.8 Å². The van der Waals surface area contributed by atoms with Crippen molar-refractivity contribution in [2.75, 3.05) is 27.4 Å². The summed E-state index contributed by atoms with van der Waals surface area (Å²) in [4.78, 5) is 4.41. The van der Waals surface area contributed by atoms with E-state index in [2.05, 4.69) is 10.3 Å². The maximum Gasteiger partial charge on any atom is 0.128 e. The summed E-state index contributed by atoms with van der Waals surface area (Å²) in [6.45, 7) is 5.91. The first-order valence-corrected chi connectivity index (χ1v) is 6.36. The molecule has 4 nitrogen and oxygen atoms in total. The first-order chi connectivity index (χ1) is 8.60. The molecule has 0 spiro atoms. The largest absolute Gasteiger partial charge is 0.496 e. The van der Waals surface area contributed by atoms with Crippen molar-refractivity contribution in [3.05, 3.63) is 23.0 Å². The Morgan fingerprint density at radius 1 is 1.39 bits per heavy atom. The van der Waals surface area contributed by atoms with Crippen LogP contribution in [0, 0.1) is 13.8 Å². The van der Waals surface area contributed by atoms with Gasteiger partial charge in [0.25, 0.3) is 0 Å². The van der Waals surface area contributed by atoms with Crippen LogP contribution in [0.1, 0.15) is 16.8 Å². The van der Waals surface area contributed by atoms with Crippen LogP contribution in [0.3, 0.4) is 0 Å². The molecule has 1 unspecified atom stereocenters. The Morgan fingerprint density at radius 3 is 2.72 bits per heavy atom. The fourth-order valence-corrected chi connectivity index (χ4v) is 2.07. The van der Waals surface area contributed by atoms with E-state index >= 15 is 0 Å². The number of alkyl halides is 1. The molecule has 102 valence electrons. The van der Waals surface area contributed by atoms with Gasteiger partial charge in [0.05, 0.1) is 24.8 Å². The smallest absolute Gasteiger partial charge is 0.128 e. The molecule has 1 rings (SSSR count). The van der Waals surface area contributed by atoms with Crippen molar-refractivity contribution in [2.24, 2.45) is 0 Å². The third-order valence-electron chi connectivity index (χ3n) is 2.76. The molecule has 0 amide bonds.